The maximum absolute atomic E-state index is 5.39. The summed E-state index contributed by atoms with van der Waals surface area (Å²) in [7, 11) is 0. The highest BCUT2D eigenvalue weighted by molar-refractivity contribution is 7.81. The zero-order valence-corrected chi connectivity index (χ0v) is 17.3. The Morgan fingerprint density at radius 3 is 2.36 bits per heavy atom. The lowest BCUT2D eigenvalue weighted by Gasteiger charge is -2.21. The van der Waals surface area contributed by atoms with Crippen LogP contribution in [0, 0.1) is 0 Å². The SMILES string of the molecule is CCCCCCCCCCCC1=NCCN1CCNC(=S)NC(N)=S. The zero-order valence-electron chi connectivity index (χ0n) is 15.7. The minimum Gasteiger partial charge on any atom is -0.376 e. The van der Waals surface area contributed by atoms with E-state index in [4.69, 9.17) is 30.2 Å². The van der Waals surface area contributed by atoms with E-state index < -0.39 is 0 Å². The summed E-state index contributed by atoms with van der Waals surface area (Å²) in [6, 6.07) is 0. The van der Waals surface area contributed by atoms with Crippen molar-refractivity contribution in [2.45, 2.75) is 71.1 Å². The standard InChI is InChI=1S/C18H35N5S2/c1-2-3-4-5-6-7-8-9-10-11-16-20-12-14-23(16)15-13-21-18(25)22-17(19)24/h2-15H2,1H3,(H4,19,21,22,24,25). The number of nitrogens with one attached hydrogen (secondary N) is 2. The Hall–Kier alpha value is -0.950. The first kappa shape index (κ1) is 22.1. The molecule has 1 aliphatic rings. The van der Waals surface area contributed by atoms with Crippen molar-refractivity contribution in [3.05, 3.63) is 0 Å². The summed E-state index contributed by atoms with van der Waals surface area (Å²) in [6.07, 6.45) is 13.4. The summed E-state index contributed by atoms with van der Waals surface area (Å²) >= 11 is 9.87. The molecule has 4 N–H and O–H groups in total. The molecular weight excluding hydrogens is 350 g/mol. The molecule has 0 aromatic heterocycles. The number of hydrogen-bond donors (Lipinski definition) is 3. The molecular formula is C18H35N5S2. The fourth-order valence-corrected chi connectivity index (χ4v) is 3.44. The maximum Gasteiger partial charge on any atom is 0.172 e. The average Bonchev–Trinajstić information content (AvgIpc) is 3.00. The van der Waals surface area contributed by atoms with E-state index in [0.29, 0.717) is 5.11 Å². The van der Waals surface area contributed by atoms with E-state index in [1.54, 1.807) is 0 Å². The average molecular weight is 386 g/mol. The maximum atomic E-state index is 5.39. The van der Waals surface area contributed by atoms with Crippen LogP contribution in [0.1, 0.15) is 71.1 Å². The summed E-state index contributed by atoms with van der Waals surface area (Å²) in [5.41, 5.74) is 5.39. The second kappa shape index (κ2) is 14.2. The van der Waals surface area contributed by atoms with E-state index in [-0.39, 0.29) is 5.11 Å². The summed E-state index contributed by atoms with van der Waals surface area (Å²) in [6.45, 7) is 5.89. The number of hydrogen-bond acceptors (Lipinski definition) is 4. The van der Waals surface area contributed by atoms with Crippen LogP contribution in [0.4, 0.5) is 0 Å². The quantitative estimate of drug-likeness (QED) is 0.334. The molecule has 7 heteroatoms. The molecule has 0 aliphatic carbocycles. The first-order valence-corrected chi connectivity index (χ1v) is 10.6. The van der Waals surface area contributed by atoms with E-state index in [2.05, 4.69) is 27.4 Å². The number of unbranched alkanes of at least 4 members (excludes halogenated alkanes) is 8. The molecule has 0 saturated carbocycles. The van der Waals surface area contributed by atoms with Gasteiger partial charge in [-0.3, -0.25) is 4.99 Å². The third kappa shape index (κ3) is 11.3. The monoisotopic (exact) mass is 385 g/mol. The van der Waals surface area contributed by atoms with Crippen LogP contribution in [0.3, 0.4) is 0 Å². The summed E-state index contributed by atoms with van der Waals surface area (Å²) in [5, 5.41) is 6.54. The molecule has 144 valence electrons. The third-order valence-corrected chi connectivity index (χ3v) is 4.79. The molecule has 0 fully saturated rings. The van der Waals surface area contributed by atoms with Gasteiger partial charge in [-0.05, 0) is 30.9 Å². The highest BCUT2D eigenvalue weighted by Crippen LogP contribution is 2.13. The molecule has 0 aromatic carbocycles. The molecule has 0 bridgehead atoms. The minimum atomic E-state index is 0.200. The van der Waals surface area contributed by atoms with Gasteiger partial charge in [-0.1, -0.05) is 58.3 Å². The van der Waals surface area contributed by atoms with Crippen molar-refractivity contribution in [3.8, 4) is 0 Å². The van der Waals surface area contributed by atoms with E-state index in [1.165, 1.54) is 63.6 Å². The Morgan fingerprint density at radius 2 is 1.72 bits per heavy atom. The van der Waals surface area contributed by atoms with Gasteiger partial charge in [0.25, 0.3) is 0 Å². The lowest BCUT2D eigenvalue weighted by molar-refractivity contribution is 0.448. The van der Waals surface area contributed by atoms with Gasteiger partial charge in [-0.25, -0.2) is 0 Å². The fraction of sp³-hybridized carbons (Fsp3) is 0.833. The highest BCUT2D eigenvalue weighted by Gasteiger charge is 2.15. The predicted octanol–water partition coefficient (Wildman–Crippen LogP) is 3.33. The van der Waals surface area contributed by atoms with Gasteiger partial charge in [0.05, 0.1) is 12.4 Å². The normalized spacial score (nSPS) is 13.6. The number of nitrogens with zero attached hydrogens (tertiary/aromatic N) is 2. The highest BCUT2D eigenvalue weighted by atomic mass is 32.1. The van der Waals surface area contributed by atoms with Crippen LogP contribution in [0.25, 0.3) is 0 Å². The van der Waals surface area contributed by atoms with Gasteiger partial charge in [-0.15, -0.1) is 0 Å². The largest absolute Gasteiger partial charge is 0.376 e. The van der Waals surface area contributed by atoms with E-state index in [9.17, 15) is 0 Å². The summed E-state index contributed by atoms with van der Waals surface area (Å²) in [5.74, 6) is 1.26. The van der Waals surface area contributed by atoms with Crippen LogP contribution in [0.5, 0.6) is 0 Å². The molecule has 0 unspecified atom stereocenters. The first-order chi connectivity index (χ1) is 12.1. The van der Waals surface area contributed by atoms with Gasteiger partial charge in [0.2, 0.25) is 0 Å². The molecule has 1 rings (SSSR count). The molecule has 0 aromatic rings. The van der Waals surface area contributed by atoms with Crippen molar-refractivity contribution in [3.63, 3.8) is 0 Å². The first-order valence-electron chi connectivity index (χ1n) is 9.76. The van der Waals surface area contributed by atoms with Gasteiger partial charge in [0, 0.05) is 26.1 Å². The molecule has 0 radical (unpaired) electrons. The Kier molecular flexibility index (Phi) is 12.6. The van der Waals surface area contributed by atoms with Crippen molar-refractivity contribution in [1.82, 2.24) is 15.5 Å². The number of amidine groups is 1. The molecule has 0 amide bonds. The van der Waals surface area contributed by atoms with Crippen molar-refractivity contribution >= 4 is 40.5 Å². The van der Waals surface area contributed by atoms with E-state index in [1.807, 2.05) is 0 Å². The number of rotatable bonds is 13. The molecule has 0 saturated heterocycles. The van der Waals surface area contributed by atoms with Crippen LogP contribution in [-0.2, 0) is 0 Å². The molecule has 0 atom stereocenters. The fourth-order valence-electron chi connectivity index (χ4n) is 3.06. The van der Waals surface area contributed by atoms with Crippen LogP contribution in [0.15, 0.2) is 4.99 Å². The predicted molar refractivity (Wildman–Crippen MR) is 116 cm³/mol. The Balaban J connectivity index is 2.03. The Morgan fingerprint density at radius 1 is 1.08 bits per heavy atom. The zero-order chi connectivity index (χ0) is 18.3. The van der Waals surface area contributed by atoms with Gasteiger partial charge in [0.1, 0.15) is 0 Å². The van der Waals surface area contributed by atoms with Gasteiger partial charge in [0.15, 0.2) is 10.2 Å². The number of aliphatic imine (C=N–C) groups is 1. The molecule has 25 heavy (non-hydrogen) atoms. The van der Waals surface area contributed by atoms with Crippen LogP contribution < -0.4 is 16.4 Å². The van der Waals surface area contributed by atoms with Crippen LogP contribution >= 0.6 is 24.4 Å². The lowest BCUT2D eigenvalue weighted by atomic mass is 10.1. The lowest BCUT2D eigenvalue weighted by Crippen LogP contribution is -2.44. The topological polar surface area (TPSA) is 65.7 Å². The minimum absolute atomic E-state index is 0.200. The second-order valence-electron chi connectivity index (χ2n) is 6.61. The smallest absolute Gasteiger partial charge is 0.172 e. The molecule has 1 heterocycles. The van der Waals surface area contributed by atoms with Crippen LogP contribution in [-0.4, -0.2) is 47.1 Å². The van der Waals surface area contributed by atoms with Crippen molar-refractivity contribution < 1.29 is 0 Å². The van der Waals surface area contributed by atoms with Crippen LogP contribution in [0.2, 0.25) is 0 Å². The van der Waals surface area contributed by atoms with Crippen molar-refractivity contribution in [2.75, 3.05) is 26.2 Å². The van der Waals surface area contributed by atoms with Crippen molar-refractivity contribution in [1.29, 1.82) is 0 Å². The summed E-state index contributed by atoms with van der Waals surface area (Å²) < 4.78 is 0. The molecule has 1 aliphatic heterocycles. The van der Waals surface area contributed by atoms with Crippen molar-refractivity contribution in [2.24, 2.45) is 10.7 Å². The van der Waals surface area contributed by atoms with Gasteiger partial charge < -0.3 is 21.3 Å². The number of thiocarbonyl (C=S) groups is 2. The van der Waals surface area contributed by atoms with Gasteiger partial charge >= 0.3 is 0 Å². The summed E-state index contributed by atoms with van der Waals surface area (Å²) in [4.78, 5) is 7.02. The van der Waals surface area contributed by atoms with E-state index >= 15 is 0 Å². The number of nitrogens with two attached hydrogens (primary N) is 1. The third-order valence-electron chi connectivity index (χ3n) is 4.44. The molecule has 5 nitrogen and oxygen atoms in total. The second-order valence-corrected chi connectivity index (χ2v) is 7.46. The Labute approximate surface area is 164 Å². The molecule has 0 spiro atoms. The Bertz CT molecular complexity index is 426. The van der Waals surface area contributed by atoms with E-state index in [0.717, 1.165) is 32.6 Å². The van der Waals surface area contributed by atoms with Gasteiger partial charge in [-0.2, -0.15) is 0 Å².